The monoisotopic (exact) mass is 278 g/mol. The van der Waals surface area contributed by atoms with E-state index in [1.165, 1.54) is 19.3 Å². The number of hydrogen-bond donors (Lipinski definition) is 1. The van der Waals surface area contributed by atoms with Crippen LogP contribution in [0.3, 0.4) is 0 Å². The summed E-state index contributed by atoms with van der Waals surface area (Å²) in [4.78, 5) is 4.43. The molecule has 3 unspecified atom stereocenters. The van der Waals surface area contributed by atoms with Gasteiger partial charge < -0.3 is 5.32 Å². The Morgan fingerprint density at radius 2 is 2.15 bits per heavy atom. The van der Waals surface area contributed by atoms with Gasteiger partial charge >= 0.3 is 0 Å². The van der Waals surface area contributed by atoms with Gasteiger partial charge in [-0.25, -0.2) is 4.98 Å². The minimum Gasteiger partial charge on any atom is -0.317 e. The van der Waals surface area contributed by atoms with E-state index in [9.17, 15) is 0 Å². The van der Waals surface area contributed by atoms with E-state index in [0.717, 1.165) is 49.0 Å². The lowest BCUT2D eigenvalue weighted by atomic mass is 9.69. The lowest BCUT2D eigenvalue weighted by Gasteiger charge is -2.38. The molecule has 1 aromatic heterocycles. The van der Waals surface area contributed by atoms with Crippen molar-refractivity contribution in [3.63, 3.8) is 0 Å². The first kappa shape index (κ1) is 15.5. The maximum Gasteiger partial charge on any atom is 0.138 e. The molecule has 1 fully saturated rings. The van der Waals surface area contributed by atoms with E-state index in [4.69, 9.17) is 0 Å². The highest BCUT2D eigenvalue weighted by Gasteiger charge is 2.32. The Balaban J connectivity index is 2.03. The van der Waals surface area contributed by atoms with Crippen molar-refractivity contribution in [2.24, 2.45) is 30.7 Å². The molecule has 0 saturated heterocycles. The van der Waals surface area contributed by atoms with E-state index >= 15 is 0 Å². The maximum absolute atomic E-state index is 4.43. The van der Waals surface area contributed by atoms with Crippen molar-refractivity contribution in [1.29, 1.82) is 0 Å². The molecule has 0 aliphatic heterocycles. The molecule has 1 N–H and O–H groups in total. The number of aryl methyl sites for hydroxylation is 1. The molecule has 114 valence electrons. The fraction of sp³-hybridized carbons (Fsp3) is 0.875. The van der Waals surface area contributed by atoms with Gasteiger partial charge in [0.2, 0.25) is 0 Å². The Hall–Kier alpha value is -0.900. The van der Waals surface area contributed by atoms with E-state index in [-0.39, 0.29) is 0 Å². The van der Waals surface area contributed by atoms with Crippen LogP contribution in [-0.4, -0.2) is 27.9 Å². The lowest BCUT2D eigenvalue weighted by Crippen LogP contribution is -2.35. The molecular formula is C16H30N4. The second-order valence-corrected chi connectivity index (χ2v) is 6.65. The molecule has 0 amide bonds. The standard InChI is InChI=1S/C16H30N4/c1-5-17-10-14-7-6-13(12(2)3)8-15(14)9-16-18-11-19-20(16)4/h11-15,17H,5-10H2,1-4H3. The van der Waals surface area contributed by atoms with Gasteiger partial charge in [0.05, 0.1) is 0 Å². The molecule has 1 aromatic rings. The molecule has 0 spiro atoms. The van der Waals surface area contributed by atoms with Crippen molar-refractivity contribution < 1.29 is 0 Å². The first-order chi connectivity index (χ1) is 9.61. The van der Waals surface area contributed by atoms with Gasteiger partial charge in [0, 0.05) is 13.5 Å². The van der Waals surface area contributed by atoms with Crippen LogP contribution in [0.15, 0.2) is 6.33 Å². The summed E-state index contributed by atoms with van der Waals surface area (Å²) >= 11 is 0. The molecule has 2 rings (SSSR count). The van der Waals surface area contributed by atoms with Gasteiger partial charge in [-0.2, -0.15) is 5.10 Å². The van der Waals surface area contributed by atoms with Crippen LogP contribution in [0, 0.1) is 23.7 Å². The Morgan fingerprint density at radius 3 is 2.75 bits per heavy atom. The summed E-state index contributed by atoms with van der Waals surface area (Å²) in [5.74, 6) is 4.36. The van der Waals surface area contributed by atoms with E-state index in [0.29, 0.717) is 0 Å². The van der Waals surface area contributed by atoms with Crippen molar-refractivity contribution in [3.05, 3.63) is 12.2 Å². The van der Waals surface area contributed by atoms with Crippen LogP contribution < -0.4 is 5.32 Å². The molecule has 1 saturated carbocycles. The molecule has 0 bridgehead atoms. The minimum atomic E-state index is 0.748. The zero-order valence-electron chi connectivity index (χ0n) is 13.5. The number of rotatable bonds is 6. The molecule has 1 aliphatic carbocycles. The second kappa shape index (κ2) is 7.21. The normalized spacial score (nSPS) is 27.1. The predicted octanol–water partition coefficient (Wildman–Crippen LogP) is 2.66. The van der Waals surface area contributed by atoms with Crippen molar-refractivity contribution in [1.82, 2.24) is 20.1 Å². The number of nitrogens with one attached hydrogen (secondary N) is 1. The highest BCUT2D eigenvalue weighted by atomic mass is 15.3. The highest BCUT2D eigenvalue weighted by Crippen LogP contribution is 2.38. The van der Waals surface area contributed by atoms with Gasteiger partial charge in [-0.3, -0.25) is 4.68 Å². The fourth-order valence-corrected chi connectivity index (χ4v) is 3.56. The van der Waals surface area contributed by atoms with Crippen LogP contribution in [-0.2, 0) is 13.5 Å². The molecule has 1 heterocycles. The Morgan fingerprint density at radius 1 is 1.35 bits per heavy atom. The molecule has 3 atom stereocenters. The summed E-state index contributed by atoms with van der Waals surface area (Å²) in [6.07, 6.45) is 6.86. The number of hydrogen-bond acceptors (Lipinski definition) is 3. The third-order valence-electron chi connectivity index (χ3n) is 5.03. The summed E-state index contributed by atoms with van der Waals surface area (Å²) < 4.78 is 1.93. The highest BCUT2D eigenvalue weighted by molar-refractivity contribution is 4.92. The Kier molecular flexibility index (Phi) is 5.58. The summed E-state index contributed by atoms with van der Waals surface area (Å²) in [6.45, 7) is 9.16. The van der Waals surface area contributed by atoms with E-state index in [1.54, 1.807) is 6.33 Å². The molecular weight excluding hydrogens is 248 g/mol. The average molecular weight is 278 g/mol. The van der Waals surface area contributed by atoms with Gasteiger partial charge in [-0.05, 0) is 56.0 Å². The smallest absolute Gasteiger partial charge is 0.138 e. The fourth-order valence-electron chi connectivity index (χ4n) is 3.56. The van der Waals surface area contributed by atoms with Gasteiger partial charge in [-0.15, -0.1) is 0 Å². The van der Waals surface area contributed by atoms with Crippen LogP contribution in [0.5, 0.6) is 0 Å². The summed E-state index contributed by atoms with van der Waals surface area (Å²) in [5, 5.41) is 7.76. The first-order valence-corrected chi connectivity index (χ1v) is 8.15. The number of aromatic nitrogens is 3. The third kappa shape index (κ3) is 3.81. The van der Waals surface area contributed by atoms with Crippen LogP contribution in [0.2, 0.25) is 0 Å². The zero-order chi connectivity index (χ0) is 14.5. The van der Waals surface area contributed by atoms with Crippen LogP contribution >= 0.6 is 0 Å². The second-order valence-electron chi connectivity index (χ2n) is 6.65. The average Bonchev–Trinajstić information content (AvgIpc) is 2.82. The quantitative estimate of drug-likeness (QED) is 0.870. The van der Waals surface area contributed by atoms with Crippen LogP contribution in [0.1, 0.15) is 45.9 Å². The molecule has 20 heavy (non-hydrogen) atoms. The van der Waals surface area contributed by atoms with Crippen molar-refractivity contribution in [2.45, 2.75) is 46.5 Å². The van der Waals surface area contributed by atoms with Gasteiger partial charge in [-0.1, -0.05) is 20.8 Å². The molecule has 0 aromatic carbocycles. The van der Waals surface area contributed by atoms with Gasteiger partial charge in [0.25, 0.3) is 0 Å². The molecule has 0 radical (unpaired) electrons. The number of nitrogens with zero attached hydrogens (tertiary/aromatic N) is 3. The van der Waals surface area contributed by atoms with E-state index in [1.807, 2.05) is 11.7 Å². The zero-order valence-corrected chi connectivity index (χ0v) is 13.5. The topological polar surface area (TPSA) is 42.7 Å². The van der Waals surface area contributed by atoms with Crippen LogP contribution in [0.25, 0.3) is 0 Å². The third-order valence-corrected chi connectivity index (χ3v) is 5.03. The van der Waals surface area contributed by atoms with Crippen LogP contribution in [0.4, 0.5) is 0 Å². The summed E-state index contributed by atoms with van der Waals surface area (Å²) in [6, 6.07) is 0. The largest absolute Gasteiger partial charge is 0.317 e. The molecule has 1 aliphatic rings. The predicted molar refractivity (Wildman–Crippen MR) is 82.4 cm³/mol. The van der Waals surface area contributed by atoms with Gasteiger partial charge in [0.1, 0.15) is 12.2 Å². The molecule has 4 nitrogen and oxygen atoms in total. The molecule has 4 heteroatoms. The van der Waals surface area contributed by atoms with Crippen molar-refractivity contribution in [2.75, 3.05) is 13.1 Å². The van der Waals surface area contributed by atoms with Crippen molar-refractivity contribution >= 4 is 0 Å². The van der Waals surface area contributed by atoms with Crippen molar-refractivity contribution in [3.8, 4) is 0 Å². The minimum absolute atomic E-state index is 0.748. The summed E-state index contributed by atoms with van der Waals surface area (Å²) in [7, 11) is 2.00. The first-order valence-electron chi connectivity index (χ1n) is 8.15. The van der Waals surface area contributed by atoms with E-state index < -0.39 is 0 Å². The Bertz CT molecular complexity index is 399. The van der Waals surface area contributed by atoms with Gasteiger partial charge in [0.15, 0.2) is 0 Å². The Labute approximate surface area is 123 Å². The lowest BCUT2D eigenvalue weighted by molar-refractivity contribution is 0.142. The van der Waals surface area contributed by atoms with E-state index in [2.05, 4.69) is 36.2 Å². The summed E-state index contributed by atoms with van der Waals surface area (Å²) in [5.41, 5.74) is 0. The maximum atomic E-state index is 4.43. The SMILES string of the molecule is CCNCC1CCC(C(C)C)CC1Cc1ncnn1C.